The number of hydrogen-bond acceptors (Lipinski definition) is 8. The molecule has 1 fully saturated rings. The third-order valence-electron chi connectivity index (χ3n) is 8.58. The number of carbonyl (C=O) groups is 2. The molecule has 14 heteroatoms. The molecule has 1 aliphatic rings. The van der Waals surface area contributed by atoms with Crippen LogP contribution in [0.1, 0.15) is 67.1 Å². The molecule has 268 valence electrons. The van der Waals surface area contributed by atoms with Crippen LogP contribution >= 0.6 is 0 Å². The number of anilines is 1. The second kappa shape index (κ2) is 14.5. The Hall–Kier alpha value is -5.37. The van der Waals surface area contributed by atoms with Gasteiger partial charge in [0, 0.05) is 52.7 Å². The lowest BCUT2D eigenvalue weighted by atomic mass is 10.0. The Morgan fingerprint density at radius 1 is 1.06 bits per heavy atom. The van der Waals surface area contributed by atoms with Crippen LogP contribution in [-0.4, -0.2) is 60.9 Å². The second-order valence-electron chi connectivity index (χ2n) is 13.6. The van der Waals surface area contributed by atoms with E-state index in [0.29, 0.717) is 42.6 Å². The summed E-state index contributed by atoms with van der Waals surface area (Å²) in [7, 11) is 0. The molecule has 5 aromatic rings. The first-order valence-electron chi connectivity index (χ1n) is 16.6. The van der Waals surface area contributed by atoms with E-state index in [0.717, 1.165) is 30.2 Å². The summed E-state index contributed by atoms with van der Waals surface area (Å²) in [5.74, 6) is -0.481. The summed E-state index contributed by atoms with van der Waals surface area (Å²) in [5.41, 5.74) is 0.483. The summed E-state index contributed by atoms with van der Waals surface area (Å²) in [6.07, 6.45) is 3.20. The number of aromatic amines is 1. The maximum Gasteiger partial charge on any atom is 0.419 e. The first-order valence-corrected chi connectivity index (χ1v) is 16.6. The van der Waals surface area contributed by atoms with Crippen LogP contribution in [0.2, 0.25) is 0 Å². The molecule has 51 heavy (non-hydrogen) atoms. The fraction of sp³-hybridized carbons (Fsp3) is 0.351. The van der Waals surface area contributed by atoms with Gasteiger partial charge in [-0.1, -0.05) is 36.4 Å². The molecule has 0 aliphatic heterocycles. The highest BCUT2D eigenvalue weighted by atomic mass is 19.4. The van der Waals surface area contributed by atoms with Crippen molar-refractivity contribution in [3.63, 3.8) is 0 Å². The van der Waals surface area contributed by atoms with Crippen LogP contribution in [0.25, 0.3) is 22.2 Å². The highest BCUT2D eigenvalue weighted by Crippen LogP contribution is 2.39. The Kier molecular flexibility index (Phi) is 10.1. The van der Waals surface area contributed by atoms with Crippen LogP contribution in [0.3, 0.4) is 0 Å². The van der Waals surface area contributed by atoms with Crippen molar-refractivity contribution in [1.29, 1.82) is 0 Å². The third kappa shape index (κ3) is 8.69. The number of halogens is 3. The third-order valence-corrected chi connectivity index (χ3v) is 8.58. The van der Waals surface area contributed by atoms with Crippen molar-refractivity contribution >= 4 is 28.9 Å². The number of aromatic carboxylic acids is 1. The molecular formula is C37H39F3N6O5. The zero-order chi connectivity index (χ0) is 36.3. The highest BCUT2D eigenvalue weighted by Gasteiger charge is 2.36. The second-order valence-corrected chi connectivity index (χ2v) is 13.6. The molecule has 2 aromatic carbocycles. The summed E-state index contributed by atoms with van der Waals surface area (Å²) in [4.78, 5) is 35.4. The number of carbonyl (C=O) groups excluding carboxylic acids is 1. The minimum atomic E-state index is -4.71. The Labute approximate surface area is 292 Å². The van der Waals surface area contributed by atoms with E-state index in [2.05, 4.69) is 25.6 Å². The van der Waals surface area contributed by atoms with Crippen LogP contribution in [0.5, 0.6) is 5.75 Å². The molecule has 4 N–H and O–H groups in total. The molecule has 6 rings (SSSR count). The molecule has 0 spiro atoms. The van der Waals surface area contributed by atoms with Crippen LogP contribution in [-0.2, 0) is 23.9 Å². The van der Waals surface area contributed by atoms with Crippen LogP contribution < -0.4 is 15.4 Å². The topological polar surface area (TPSA) is 143 Å². The Balaban J connectivity index is 1.10. The lowest BCUT2D eigenvalue weighted by molar-refractivity contribution is -0.137. The zero-order valence-corrected chi connectivity index (χ0v) is 28.4. The van der Waals surface area contributed by atoms with E-state index >= 15 is 0 Å². The van der Waals surface area contributed by atoms with E-state index in [1.54, 1.807) is 12.4 Å². The molecule has 0 radical (unpaired) electrons. The predicted octanol–water partition coefficient (Wildman–Crippen LogP) is 7.67. The summed E-state index contributed by atoms with van der Waals surface area (Å²) >= 11 is 0. The average Bonchev–Trinajstić information content (AvgIpc) is 3.81. The van der Waals surface area contributed by atoms with Crippen molar-refractivity contribution in [2.24, 2.45) is 0 Å². The van der Waals surface area contributed by atoms with E-state index in [1.165, 1.54) is 29.0 Å². The Bertz CT molecular complexity index is 2020. The van der Waals surface area contributed by atoms with Gasteiger partial charge in [-0.25, -0.2) is 19.6 Å². The van der Waals surface area contributed by atoms with Crippen molar-refractivity contribution in [2.75, 3.05) is 11.9 Å². The van der Waals surface area contributed by atoms with Crippen molar-refractivity contribution in [2.45, 2.75) is 76.9 Å². The number of rotatable bonds is 11. The summed E-state index contributed by atoms with van der Waals surface area (Å²) < 4.78 is 55.2. The molecule has 11 nitrogen and oxygen atoms in total. The van der Waals surface area contributed by atoms with Gasteiger partial charge in [0.15, 0.2) is 0 Å². The number of alkyl halides is 3. The molecule has 0 saturated heterocycles. The Morgan fingerprint density at radius 3 is 2.55 bits per heavy atom. The van der Waals surface area contributed by atoms with Gasteiger partial charge in [-0.2, -0.15) is 13.2 Å². The fourth-order valence-corrected chi connectivity index (χ4v) is 6.16. The van der Waals surface area contributed by atoms with Gasteiger partial charge in [0.05, 0.1) is 17.5 Å². The van der Waals surface area contributed by atoms with Gasteiger partial charge in [0.2, 0.25) is 5.95 Å². The van der Waals surface area contributed by atoms with Crippen molar-refractivity contribution in [3.05, 3.63) is 95.6 Å². The number of nitrogens with zero attached hydrogens (tertiary/aromatic N) is 3. The van der Waals surface area contributed by atoms with Gasteiger partial charge in [-0.05, 0) is 70.7 Å². The smallest absolute Gasteiger partial charge is 0.419 e. The van der Waals surface area contributed by atoms with Crippen molar-refractivity contribution < 1.29 is 37.3 Å². The minimum absolute atomic E-state index is 0.0115. The maximum absolute atomic E-state index is 14.1. The van der Waals surface area contributed by atoms with Crippen molar-refractivity contribution in [3.8, 4) is 17.0 Å². The van der Waals surface area contributed by atoms with E-state index in [-0.39, 0.29) is 34.9 Å². The quantitative estimate of drug-likeness (QED) is 0.109. The number of ether oxygens (including phenoxy) is 2. The predicted molar refractivity (Wildman–Crippen MR) is 185 cm³/mol. The monoisotopic (exact) mass is 704 g/mol. The number of carboxylic acid groups (broad SMARTS) is 1. The Morgan fingerprint density at radius 2 is 1.82 bits per heavy atom. The molecule has 3 aromatic heterocycles. The number of carboxylic acids is 1. The van der Waals surface area contributed by atoms with Gasteiger partial charge < -0.3 is 30.2 Å². The normalized spacial score (nSPS) is 16.4. The number of fused-ring (bicyclic) bond motifs is 1. The van der Waals surface area contributed by atoms with Gasteiger partial charge in [0.25, 0.3) is 0 Å². The van der Waals surface area contributed by atoms with E-state index in [4.69, 9.17) is 9.47 Å². The number of H-pyrrole nitrogens is 1. The molecule has 1 aliphatic carbocycles. The van der Waals surface area contributed by atoms with Gasteiger partial charge >= 0.3 is 18.2 Å². The molecular weight excluding hydrogens is 665 g/mol. The average molecular weight is 705 g/mol. The maximum atomic E-state index is 14.1. The van der Waals surface area contributed by atoms with Gasteiger partial charge in [-0.3, -0.25) is 4.57 Å². The number of aromatic nitrogens is 4. The SMILES string of the molecule is CC(C)(C)OC(=O)n1cc(CCN[C@H]2CC[C@H](Nc3ncc(C(F)(F)F)c(-c4c[nH]c5cc(C(=O)O)ccc45)n3)C2)c(OCc2ccccc2)c1. The lowest BCUT2D eigenvalue weighted by Gasteiger charge is -2.19. The molecule has 0 bridgehead atoms. The zero-order valence-electron chi connectivity index (χ0n) is 28.4. The molecule has 1 saturated carbocycles. The number of hydrogen-bond donors (Lipinski definition) is 4. The van der Waals surface area contributed by atoms with E-state index in [9.17, 15) is 27.9 Å². The summed E-state index contributed by atoms with van der Waals surface area (Å²) in [6.45, 7) is 6.36. The summed E-state index contributed by atoms with van der Waals surface area (Å²) in [6, 6.07) is 14.0. The van der Waals surface area contributed by atoms with Gasteiger partial charge in [-0.15, -0.1) is 0 Å². The molecule has 0 unspecified atom stereocenters. The van der Waals surface area contributed by atoms with Crippen LogP contribution in [0.15, 0.2) is 73.3 Å². The van der Waals surface area contributed by atoms with E-state index < -0.39 is 29.4 Å². The van der Waals surface area contributed by atoms with Gasteiger partial charge in [0.1, 0.15) is 23.5 Å². The van der Waals surface area contributed by atoms with Crippen LogP contribution in [0, 0.1) is 0 Å². The number of benzene rings is 2. The number of nitrogens with one attached hydrogen (secondary N) is 3. The molecule has 0 amide bonds. The fourth-order valence-electron chi connectivity index (χ4n) is 6.16. The summed E-state index contributed by atoms with van der Waals surface area (Å²) in [5, 5.41) is 16.5. The first kappa shape index (κ1) is 35.5. The standard InChI is InChI=1S/C37H39F3N6O5/c1-36(2,3)51-35(49)46-19-24(31(20-46)50-21-22-7-5-4-6-8-22)13-14-41-25-10-11-26(16-25)44-34-43-18-29(37(38,39)40)32(45-34)28-17-42-30-15-23(33(47)48)9-12-27(28)30/h4-9,12,15,17-20,25-26,41-42H,10-11,13-14,16,21H2,1-3H3,(H,47,48)(H,43,44,45)/t25-,26-/m0/s1. The van der Waals surface area contributed by atoms with Crippen LogP contribution in [0.4, 0.5) is 23.9 Å². The first-order chi connectivity index (χ1) is 24.2. The minimum Gasteiger partial charge on any atom is -0.487 e. The largest absolute Gasteiger partial charge is 0.487 e. The van der Waals surface area contributed by atoms with Crippen molar-refractivity contribution in [1.82, 2.24) is 24.8 Å². The highest BCUT2D eigenvalue weighted by molar-refractivity contribution is 5.99. The molecule has 3 heterocycles. The lowest BCUT2D eigenvalue weighted by Crippen LogP contribution is -2.30. The molecule has 2 atom stereocenters. The van der Waals surface area contributed by atoms with E-state index in [1.807, 2.05) is 51.1 Å².